The molecule has 0 heterocycles. The van der Waals surface area contributed by atoms with Crippen molar-refractivity contribution in [2.24, 2.45) is 0 Å². The van der Waals surface area contributed by atoms with E-state index >= 15 is 0 Å². The van der Waals surface area contributed by atoms with Crippen molar-refractivity contribution in [3.05, 3.63) is 59.9 Å². The SMILES string of the molecule is CCOc1ccc(S(=O)(=O)NCCC(=O)NCc2ccccc2F)cc1. The number of halogens is 1. The third-order valence-corrected chi connectivity index (χ3v) is 5.00. The van der Waals surface area contributed by atoms with E-state index in [0.717, 1.165) is 0 Å². The second kappa shape index (κ2) is 9.30. The fourth-order valence-electron chi connectivity index (χ4n) is 2.19. The largest absolute Gasteiger partial charge is 0.494 e. The number of sulfonamides is 1. The zero-order valence-electron chi connectivity index (χ0n) is 14.4. The number of ether oxygens (including phenoxy) is 1. The maximum atomic E-state index is 13.5. The summed E-state index contributed by atoms with van der Waals surface area (Å²) in [5, 5.41) is 2.56. The molecule has 0 spiro atoms. The maximum absolute atomic E-state index is 13.5. The van der Waals surface area contributed by atoms with Gasteiger partial charge in [0.2, 0.25) is 15.9 Å². The van der Waals surface area contributed by atoms with E-state index in [4.69, 9.17) is 4.74 Å². The van der Waals surface area contributed by atoms with Crippen LogP contribution in [0.25, 0.3) is 0 Å². The van der Waals surface area contributed by atoms with Gasteiger partial charge in [0.05, 0.1) is 11.5 Å². The average molecular weight is 380 g/mol. The van der Waals surface area contributed by atoms with Crippen molar-refractivity contribution in [1.29, 1.82) is 0 Å². The summed E-state index contributed by atoms with van der Waals surface area (Å²) in [5.41, 5.74) is 0.371. The molecule has 0 fully saturated rings. The molecule has 0 saturated heterocycles. The lowest BCUT2D eigenvalue weighted by Gasteiger charge is -2.09. The van der Waals surface area contributed by atoms with E-state index in [1.165, 1.54) is 18.2 Å². The van der Waals surface area contributed by atoms with Crippen molar-refractivity contribution >= 4 is 15.9 Å². The van der Waals surface area contributed by atoms with Crippen LogP contribution in [0.5, 0.6) is 5.75 Å². The third kappa shape index (κ3) is 5.82. The maximum Gasteiger partial charge on any atom is 0.240 e. The molecule has 0 aliphatic heterocycles. The smallest absolute Gasteiger partial charge is 0.240 e. The minimum absolute atomic E-state index is 0.0509. The second-order valence-electron chi connectivity index (χ2n) is 5.42. The quantitative estimate of drug-likeness (QED) is 0.699. The highest BCUT2D eigenvalue weighted by molar-refractivity contribution is 7.89. The zero-order valence-corrected chi connectivity index (χ0v) is 15.2. The van der Waals surface area contributed by atoms with Crippen LogP contribution in [0, 0.1) is 5.82 Å². The molecule has 0 aliphatic rings. The molecule has 2 rings (SSSR count). The van der Waals surface area contributed by atoms with Crippen LogP contribution in [0.1, 0.15) is 18.9 Å². The van der Waals surface area contributed by atoms with Gasteiger partial charge in [-0.25, -0.2) is 17.5 Å². The topological polar surface area (TPSA) is 84.5 Å². The van der Waals surface area contributed by atoms with Crippen LogP contribution < -0.4 is 14.8 Å². The summed E-state index contributed by atoms with van der Waals surface area (Å²) in [6, 6.07) is 12.1. The molecule has 0 atom stereocenters. The first-order valence-corrected chi connectivity index (χ1v) is 9.63. The Morgan fingerprint density at radius 1 is 1.12 bits per heavy atom. The highest BCUT2D eigenvalue weighted by Crippen LogP contribution is 2.15. The number of benzene rings is 2. The predicted octanol–water partition coefficient (Wildman–Crippen LogP) is 2.21. The minimum atomic E-state index is -3.71. The van der Waals surface area contributed by atoms with Gasteiger partial charge >= 0.3 is 0 Å². The molecule has 0 aromatic heterocycles. The molecule has 140 valence electrons. The van der Waals surface area contributed by atoms with E-state index in [1.807, 2.05) is 6.92 Å². The first-order valence-electron chi connectivity index (χ1n) is 8.15. The van der Waals surface area contributed by atoms with Crippen molar-refractivity contribution < 1.29 is 22.3 Å². The van der Waals surface area contributed by atoms with E-state index < -0.39 is 15.8 Å². The van der Waals surface area contributed by atoms with Gasteiger partial charge in [0, 0.05) is 25.1 Å². The molecule has 2 aromatic rings. The van der Waals surface area contributed by atoms with Gasteiger partial charge in [0.25, 0.3) is 0 Å². The first kappa shape index (κ1) is 19.9. The summed E-state index contributed by atoms with van der Waals surface area (Å²) >= 11 is 0. The average Bonchev–Trinajstić information content (AvgIpc) is 2.62. The van der Waals surface area contributed by atoms with E-state index in [9.17, 15) is 17.6 Å². The third-order valence-electron chi connectivity index (χ3n) is 3.52. The Labute approximate surface area is 152 Å². The summed E-state index contributed by atoms with van der Waals surface area (Å²) in [7, 11) is -3.71. The molecule has 2 N–H and O–H groups in total. The number of carbonyl (C=O) groups excluding carboxylic acids is 1. The highest BCUT2D eigenvalue weighted by Gasteiger charge is 2.14. The van der Waals surface area contributed by atoms with Crippen molar-refractivity contribution in [1.82, 2.24) is 10.0 Å². The monoisotopic (exact) mass is 380 g/mol. The lowest BCUT2D eigenvalue weighted by Crippen LogP contribution is -2.30. The number of rotatable bonds is 9. The summed E-state index contributed by atoms with van der Waals surface area (Å²) in [6.07, 6.45) is -0.0509. The molecule has 2 aromatic carbocycles. The van der Waals surface area contributed by atoms with Gasteiger partial charge in [-0.15, -0.1) is 0 Å². The van der Waals surface area contributed by atoms with Gasteiger partial charge < -0.3 is 10.1 Å². The van der Waals surface area contributed by atoms with Crippen LogP contribution >= 0.6 is 0 Å². The Bertz CT molecular complexity index is 839. The van der Waals surface area contributed by atoms with Gasteiger partial charge in [-0.05, 0) is 37.3 Å². The Hall–Kier alpha value is -2.45. The molecule has 1 amide bonds. The normalized spacial score (nSPS) is 11.2. The fraction of sp³-hybridized carbons (Fsp3) is 0.278. The Morgan fingerprint density at radius 3 is 2.46 bits per heavy atom. The number of hydrogen-bond acceptors (Lipinski definition) is 4. The van der Waals surface area contributed by atoms with E-state index in [1.54, 1.807) is 30.3 Å². The van der Waals surface area contributed by atoms with E-state index in [0.29, 0.717) is 17.9 Å². The molecule has 0 unspecified atom stereocenters. The van der Waals surface area contributed by atoms with Gasteiger partial charge in [0.15, 0.2) is 0 Å². The van der Waals surface area contributed by atoms with E-state index in [-0.39, 0.29) is 30.3 Å². The number of hydrogen-bond donors (Lipinski definition) is 2. The minimum Gasteiger partial charge on any atom is -0.494 e. The predicted molar refractivity (Wildman–Crippen MR) is 95.7 cm³/mol. The summed E-state index contributed by atoms with van der Waals surface area (Å²) in [5.74, 6) is -0.189. The van der Waals surface area contributed by atoms with Gasteiger partial charge in [-0.3, -0.25) is 4.79 Å². The molecule has 0 radical (unpaired) electrons. The summed E-state index contributed by atoms with van der Waals surface area (Å²) < 4.78 is 45.4. The van der Waals surface area contributed by atoms with Crippen molar-refractivity contribution in [3.8, 4) is 5.75 Å². The highest BCUT2D eigenvalue weighted by atomic mass is 32.2. The summed E-state index contributed by atoms with van der Waals surface area (Å²) in [4.78, 5) is 11.9. The van der Waals surface area contributed by atoms with Crippen LogP contribution in [-0.2, 0) is 21.4 Å². The lowest BCUT2D eigenvalue weighted by molar-refractivity contribution is -0.121. The molecule has 8 heteroatoms. The van der Waals surface area contributed by atoms with Crippen LogP contribution in [0.2, 0.25) is 0 Å². The van der Waals surface area contributed by atoms with Gasteiger partial charge in [-0.2, -0.15) is 0 Å². The Balaban J connectivity index is 1.80. The van der Waals surface area contributed by atoms with Crippen LogP contribution in [0.3, 0.4) is 0 Å². The van der Waals surface area contributed by atoms with Gasteiger partial charge in [-0.1, -0.05) is 18.2 Å². The molecule has 0 bridgehead atoms. The molecule has 0 saturated carbocycles. The number of carbonyl (C=O) groups is 1. The Morgan fingerprint density at radius 2 is 1.81 bits per heavy atom. The van der Waals surface area contributed by atoms with E-state index in [2.05, 4.69) is 10.0 Å². The van der Waals surface area contributed by atoms with Crippen molar-refractivity contribution in [3.63, 3.8) is 0 Å². The van der Waals surface area contributed by atoms with Gasteiger partial charge in [0.1, 0.15) is 11.6 Å². The van der Waals surface area contributed by atoms with Crippen LogP contribution in [-0.4, -0.2) is 27.5 Å². The Kier molecular flexibility index (Phi) is 7.11. The second-order valence-corrected chi connectivity index (χ2v) is 7.19. The molecule has 6 nitrogen and oxygen atoms in total. The van der Waals surface area contributed by atoms with Crippen LogP contribution in [0.15, 0.2) is 53.4 Å². The lowest BCUT2D eigenvalue weighted by atomic mass is 10.2. The fourth-order valence-corrected chi connectivity index (χ4v) is 3.22. The first-order chi connectivity index (χ1) is 12.4. The molecular weight excluding hydrogens is 359 g/mol. The van der Waals surface area contributed by atoms with Crippen LogP contribution in [0.4, 0.5) is 4.39 Å². The molecule has 0 aliphatic carbocycles. The standard InChI is InChI=1S/C18H21FN2O4S/c1-2-25-15-7-9-16(10-8-15)26(23,24)21-12-11-18(22)20-13-14-5-3-4-6-17(14)19/h3-10,21H,2,11-13H2,1H3,(H,20,22). The molecule has 26 heavy (non-hydrogen) atoms. The van der Waals surface area contributed by atoms with Crippen molar-refractivity contribution in [2.75, 3.05) is 13.2 Å². The summed E-state index contributed by atoms with van der Waals surface area (Å²) in [6.45, 7) is 2.32. The zero-order chi connectivity index (χ0) is 19.0. The molecular formula is C18H21FN2O4S. The number of nitrogens with one attached hydrogen (secondary N) is 2. The number of amides is 1. The van der Waals surface area contributed by atoms with Crippen molar-refractivity contribution in [2.45, 2.75) is 24.8 Å².